The Kier molecular flexibility index (Phi) is 2.21. The minimum atomic E-state index is -0.494. The molecule has 76 valence electrons. The van der Waals surface area contributed by atoms with Crippen molar-refractivity contribution in [2.45, 2.75) is 6.92 Å². The number of nitro groups is 1. The van der Waals surface area contributed by atoms with E-state index >= 15 is 0 Å². The van der Waals surface area contributed by atoms with Crippen LogP contribution in [-0.2, 0) is 0 Å². The van der Waals surface area contributed by atoms with Crippen molar-refractivity contribution >= 4 is 5.82 Å². The molecule has 0 aliphatic heterocycles. The van der Waals surface area contributed by atoms with Gasteiger partial charge < -0.3 is 10.1 Å². The summed E-state index contributed by atoms with van der Waals surface area (Å²) in [5.74, 6) is -0.128. The van der Waals surface area contributed by atoms with Gasteiger partial charge in [0.25, 0.3) is 0 Å². The van der Waals surface area contributed by atoms with Gasteiger partial charge in [0.2, 0.25) is 0 Å². The summed E-state index contributed by atoms with van der Waals surface area (Å²) in [6.07, 6.45) is 0. The van der Waals surface area contributed by atoms with Crippen molar-refractivity contribution in [3.05, 3.63) is 52.2 Å². The predicted octanol–water partition coefficient (Wildman–Crippen LogP) is 2.09. The summed E-state index contributed by atoms with van der Waals surface area (Å²) in [7, 11) is 0. The van der Waals surface area contributed by atoms with Crippen LogP contribution in [0.1, 0.15) is 5.69 Å². The van der Waals surface area contributed by atoms with E-state index in [1.54, 1.807) is 11.6 Å². The molecule has 15 heavy (non-hydrogen) atoms. The van der Waals surface area contributed by atoms with E-state index in [9.17, 15) is 10.1 Å². The highest BCUT2D eigenvalue weighted by Crippen LogP contribution is 2.15. The number of hydrogen-bond acceptors (Lipinski definition) is 3. The van der Waals surface area contributed by atoms with Crippen LogP contribution in [0.5, 0.6) is 0 Å². The van der Waals surface area contributed by atoms with Crippen molar-refractivity contribution in [3.8, 4) is 5.69 Å². The molecule has 0 saturated carbocycles. The monoisotopic (exact) mass is 203 g/mol. The molecule has 0 bridgehead atoms. The molecule has 0 atom stereocenters. The minimum absolute atomic E-state index is 0.128. The molecule has 2 aromatic rings. The lowest BCUT2D eigenvalue weighted by Crippen LogP contribution is -1.98. The Hall–Kier alpha value is -2.17. The Balaban J connectivity index is 2.50. The third kappa shape index (κ3) is 1.71. The van der Waals surface area contributed by atoms with Gasteiger partial charge in [0, 0.05) is 0 Å². The Labute approximate surface area is 86.1 Å². The van der Waals surface area contributed by atoms with Crippen LogP contribution in [0.15, 0.2) is 36.4 Å². The Morgan fingerprint density at radius 2 is 2.00 bits per heavy atom. The number of benzene rings is 1. The average Bonchev–Trinajstić information content (AvgIpc) is 2.62. The summed E-state index contributed by atoms with van der Waals surface area (Å²) in [4.78, 5) is 10.0. The molecule has 0 radical (unpaired) electrons. The van der Waals surface area contributed by atoms with Gasteiger partial charge in [0.05, 0.1) is 22.5 Å². The number of para-hydroxylation sites is 1. The normalized spacial score (nSPS) is 10.2. The lowest BCUT2D eigenvalue weighted by molar-refractivity contribution is -0.389. The average molecular weight is 203 g/mol. The van der Waals surface area contributed by atoms with Gasteiger partial charge in [-0.25, -0.2) is 0 Å². The summed E-state index contributed by atoms with van der Waals surface area (Å²) >= 11 is 0. The predicted molar refractivity (Wildman–Crippen MR) is 55.0 cm³/mol. The maximum absolute atomic E-state index is 10.5. The van der Waals surface area contributed by atoms with Gasteiger partial charge in [-0.05, 0) is 24.0 Å². The van der Waals surface area contributed by atoms with Crippen LogP contribution in [0.25, 0.3) is 5.69 Å². The zero-order valence-electron chi connectivity index (χ0n) is 8.12. The molecular formula is C10H9N3O2. The fourth-order valence-electron chi connectivity index (χ4n) is 1.38. The van der Waals surface area contributed by atoms with Crippen LogP contribution in [0, 0.1) is 17.0 Å². The van der Waals surface area contributed by atoms with Crippen LogP contribution in [-0.4, -0.2) is 14.7 Å². The first-order valence-electron chi connectivity index (χ1n) is 4.45. The third-order valence-corrected chi connectivity index (χ3v) is 2.06. The molecule has 0 N–H and O–H groups in total. The first-order valence-corrected chi connectivity index (χ1v) is 4.45. The van der Waals surface area contributed by atoms with E-state index in [1.165, 1.54) is 6.07 Å². The topological polar surface area (TPSA) is 61.0 Å². The molecular weight excluding hydrogens is 194 g/mol. The van der Waals surface area contributed by atoms with Crippen molar-refractivity contribution in [3.63, 3.8) is 0 Å². The van der Waals surface area contributed by atoms with Crippen molar-refractivity contribution in [2.75, 3.05) is 0 Å². The summed E-state index contributed by atoms with van der Waals surface area (Å²) in [5.41, 5.74) is 1.57. The molecule has 0 saturated heterocycles. The Morgan fingerprint density at radius 1 is 1.33 bits per heavy atom. The highest BCUT2D eigenvalue weighted by atomic mass is 16.6. The van der Waals surface area contributed by atoms with E-state index in [1.807, 2.05) is 30.3 Å². The second-order valence-electron chi connectivity index (χ2n) is 3.15. The van der Waals surface area contributed by atoms with Gasteiger partial charge >= 0.3 is 5.82 Å². The molecule has 0 fully saturated rings. The van der Waals surface area contributed by atoms with Gasteiger partial charge in [-0.15, -0.1) is 4.68 Å². The van der Waals surface area contributed by atoms with Gasteiger partial charge in [-0.3, -0.25) is 0 Å². The maximum atomic E-state index is 10.5. The molecule has 0 aliphatic rings. The second-order valence-corrected chi connectivity index (χ2v) is 3.15. The van der Waals surface area contributed by atoms with Crippen molar-refractivity contribution in [2.24, 2.45) is 0 Å². The number of rotatable bonds is 2. The van der Waals surface area contributed by atoms with Crippen molar-refractivity contribution in [1.82, 2.24) is 9.78 Å². The van der Waals surface area contributed by atoms with Crippen LogP contribution < -0.4 is 0 Å². The van der Waals surface area contributed by atoms with Gasteiger partial charge in [-0.2, -0.15) is 0 Å². The minimum Gasteiger partial charge on any atom is -0.358 e. The van der Waals surface area contributed by atoms with Crippen molar-refractivity contribution in [1.29, 1.82) is 0 Å². The number of aryl methyl sites for hydroxylation is 1. The second kappa shape index (κ2) is 3.53. The summed E-state index contributed by atoms with van der Waals surface area (Å²) in [6.45, 7) is 1.78. The Bertz CT molecular complexity index is 491. The fraction of sp³-hybridized carbons (Fsp3) is 0.100. The summed E-state index contributed by atoms with van der Waals surface area (Å²) in [5, 5.41) is 14.4. The first kappa shape index (κ1) is 9.39. The van der Waals surface area contributed by atoms with Crippen molar-refractivity contribution < 1.29 is 4.92 Å². The molecule has 1 aromatic heterocycles. The molecule has 2 rings (SSSR count). The van der Waals surface area contributed by atoms with Gasteiger partial charge in [-0.1, -0.05) is 18.2 Å². The maximum Gasteiger partial charge on any atom is 0.390 e. The standard InChI is InChI=1S/C10H9N3O2/c1-8-7-10(13(14)15)11-12(8)9-5-3-2-4-6-9/h2-7H,1H3. The fourth-order valence-corrected chi connectivity index (χ4v) is 1.38. The number of nitrogens with zero attached hydrogens (tertiary/aromatic N) is 3. The van der Waals surface area contributed by atoms with E-state index in [2.05, 4.69) is 5.10 Å². The lowest BCUT2D eigenvalue weighted by Gasteiger charge is -1.97. The zero-order chi connectivity index (χ0) is 10.8. The van der Waals surface area contributed by atoms with Crippen LogP contribution in [0.4, 0.5) is 5.82 Å². The highest BCUT2D eigenvalue weighted by molar-refractivity contribution is 5.35. The SMILES string of the molecule is Cc1cc([N+](=O)[O-])nn1-c1ccccc1. The molecule has 0 amide bonds. The Morgan fingerprint density at radius 3 is 2.53 bits per heavy atom. The van der Waals surface area contributed by atoms with E-state index < -0.39 is 4.92 Å². The first-order chi connectivity index (χ1) is 7.18. The third-order valence-electron chi connectivity index (χ3n) is 2.06. The highest BCUT2D eigenvalue weighted by Gasteiger charge is 2.15. The molecule has 0 spiro atoms. The van der Waals surface area contributed by atoms with Crippen LogP contribution in [0.2, 0.25) is 0 Å². The van der Waals surface area contributed by atoms with E-state index in [0.717, 1.165) is 11.4 Å². The van der Waals surface area contributed by atoms with E-state index in [4.69, 9.17) is 0 Å². The smallest absolute Gasteiger partial charge is 0.358 e. The summed E-state index contributed by atoms with van der Waals surface area (Å²) < 4.78 is 1.55. The van der Waals surface area contributed by atoms with Gasteiger partial charge in [0.15, 0.2) is 0 Å². The van der Waals surface area contributed by atoms with Crippen LogP contribution in [0.3, 0.4) is 0 Å². The van der Waals surface area contributed by atoms with E-state index in [-0.39, 0.29) is 5.82 Å². The molecule has 5 heteroatoms. The molecule has 0 aliphatic carbocycles. The number of hydrogen-bond donors (Lipinski definition) is 0. The van der Waals surface area contributed by atoms with Crippen LogP contribution >= 0.6 is 0 Å². The molecule has 0 unspecified atom stereocenters. The number of aromatic nitrogens is 2. The largest absolute Gasteiger partial charge is 0.390 e. The molecule has 1 aromatic carbocycles. The lowest BCUT2D eigenvalue weighted by atomic mass is 10.3. The van der Waals surface area contributed by atoms with Gasteiger partial charge in [0.1, 0.15) is 0 Å². The summed E-state index contributed by atoms with van der Waals surface area (Å²) in [6, 6.07) is 10.8. The molecule has 5 nitrogen and oxygen atoms in total. The molecule has 1 heterocycles. The quantitative estimate of drug-likeness (QED) is 0.554. The zero-order valence-corrected chi connectivity index (χ0v) is 8.12. The van der Waals surface area contributed by atoms with E-state index in [0.29, 0.717) is 0 Å².